The van der Waals surface area contributed by atoms with Gasteiger partial charge in [0.15, 0.2) is 0 Å². The molecule has 2 rings (SSSR count). The molecule has 0 aromatic carbocycles. The first-order valence-corrected chi connectivity index (χ1v) is 3.91. The second-order valence-corrected chi connectivity index (χ2v) is 2.89. The number of aromatic nitrogens is 2. The van der Waals surface area contributed by atoms with Gasteiger partial charge in [-0.2, -0.15) is 5.10 Å². The van der Waals surface area contributed by atoms with Crippen LogP contribution in [-0.4, -0.2) is 23.0 Å². The summed E-state index contributed by atoms with van der Waals surface area (Å²) in [6.07, 6.45) is 4.73. The molecule has 3 heteroatoms. The highest BCUT2D eigenvalue weighted by atomic mass is 16.5. The smallest absolute Gasteiger partial charge is 0.0569 e. The molecule has 1 aliphatic heterocycles. The number of rotatable bonds is 2. The lowest BCUT2D eigenvalue weighted by Gasteiger charge is -2.05. The molecule has 3 nitrogen and oxygen atoms in total. The summed E-state index contributed by atoms with van der Waals surface area (Å²) >= 11 is 0. The van der Waals surface area contributed by atoms with Crippen molar-refractivity contribution in [3.8, 4) is 0 Å². The standard InChI is InChI=1S/C8H11N2O/c1-3-9-10(4-1)6-8-2-5-11-7-8/h3-4,8H,2,5-7H2. The first-order chi connectivity index (χ1) is 5.45. The Morgan fingerprint density at radius 1 is 1.73 bits per heavy atom. The van der Waals surface area contributed by atoms with E-state index in [0.29, 0.717) is 5.92 Å². The number of hydrogen-bond acceptors (Lipinski definition) is 2. The van der Waals surface area contributed by atoms with E-state index in [0.717, 1.165) is 19.8 Å². The maximum absolute atomic E-state index is 5.25. The van der Waals surface area contributed by atoms with Crippen LogP contribution in [-0.2, 0) is 11.3 Å². The fourth-order valence-electron chi connectivity index (χ4n) is 1.35. The van der Waals surface area contributed by atoms with Gasteiger partial charge in [0.2, 0.25) is 0 Å². The highest BCUT2D eigenvalue weighted by Gasteiger charge is 2.15. The molecule has 0 aliphatic carbocycles. The molecule has 1 fully saturated rings. The molecule has 1 aliphatic rings. The third-order valence-corrected chi connectivity index (χ3v) is 1.97. The van der Waals surface area contributed by atoms with Gasteiger partial charge in [0.25, 0.3) is 0 Å². The van der Waals surface area contributed by atoms with Gasteiger partial charge in [0.05, 0.1) is 12.8 Å². The Morgan fingerprint density at radius 2 is 2.73 bits per heavy atom. The zero-order chi connectivity index (χ0) is 7.52. The molecule has 1 aromatic rings. The summed E-state index contributed by atoms with van der Waals surface area (Å²) in [6, 6.07) is 2.91. The van der Waals surface area contributed by atoms with E-state index in [1.165, 1.54) is 6.42 Å². The van der Waals surface area contributed by atoms with Crippen LogP contribution < -0.4 is 0 Å². The molecule has 1 unspecified atom stereocenters. The van der Waals surface area contributed by atoms with Gasteiger partial charge in [-0.25, -0.2) is 0 Å². The quantitative estimate of drug-likeness (QED) is 0.622. The monoisotopic (exact) mass is 151 g/mol. The number of ether oxygens (including phenoxy) is 1. The Bertz CT molecular complexity index is 202. The average molecular weight is 151 g/mol. The van der Waals surface area contributed by atoms with Crippen LogP contribution in [0.5, 0.6) is 0 Å². The van der Waals surface area contributed by atoms with Gasteiger partial charge in [0.1, 0.15) is 0 Å². The van der Waals surface area contributed by atoms with E-state index < -0.39 is 0 Å². The van der Waals surface area contributed by atoms with Crippen molar-refractivity contribution in [2.24, 2.45) is 5.92 Å². The first kappa shape index (κ1) is 6.85. The Morgan fingerprint density at radius 3 is 3.36 bits per heavy atom. The number of hydrogen-bond donors (Lipinski definition) is 0. The van der Waals surface area contributed by atoms with E-state index >= 15 is 0 Å². The summed E-state index contributed by atoms with van der Waals surface area (Å²) in [5.41, 5.74) is 0. The minimum atomic E-state index is 0.656. The summed E-state index contributed by atoms with van der Waals surface area (Å²) in [7, 11) is 0. The summed E-state index contributed by atoms with van der Waals surface area (Å²) < 4.78 is 7.17. The van der Waals surface area contributed by atoms with Crippen molar-refractivity contribution in [2.45, 2.75) is 13.0 Å². The second kappa shape index (κ2) is 3.05. The largest absolute Gasteiger partial charge is 0.381 e. The van der Waals surface area contributed by atoms with Crippen LogP contribution >= 0.6 is 0 Å². The Hall–Kier alpha value is -0.830. The van der Waals surface area contributed by atoms with Gasteiger partial charge >= 0.3 is 0 Å². The zero-order valence-corrected chi connectivity index (χ0v) is 6.36. The minimum absolute atomic E-state index is 0.656. The van der Waals surface area contributed by atoms with Gasteiger partial charge in [-0.1, -0.05) is 0 Å². The van der Waals surface area contributed by atoms with Crippen molar-refractivity contribution in [1.82, 2.24) is 9.78 Å². The molecule has 0 N–H and O–H groups in total. The highest BCUT2D eigenvalue weighted by Crippen LogP contribution is 2.13. The van der Waals surface area contributed by atoms with Gasteiger partial charge in [-0.15, -0.1) is 0 Å². The molecule has 1 atom stereocenters. The van der Waals surface area contributed by atoms with Gasteiger partial charge in [-0.05, 0) is 6.42 Å². The van der Waals surface area contributed by atoms with Crippen molar-refractivity contribution in [3.05, 3.63) is 18.5 Å². The van der Waals surface area contributed by atoms with E-state index in [2.05, 4.69) is 11.2 Å². The molecule has 2 heterocycles. The maximum Gasteiger partial charge on any atom is 0.0569 e. The van der Waals surface area contributed by atoms with Crippen LogP contribution in [0.1, 0.15) is 6.42 Å². The lowest BCUT2D eigenvalue weighted by atomic mass is 10.1. The fourth-order valence-corrected chi connectivity index (χ4v) is 1.35. The lowest BCUT2D eigenvalue weighted by Crippen LogP contribution is -2.10. The SMILES string of the molecule is [c]1cnn(CC2CCOC2)c1. The summed E-state index contributed by atoms with van der Waals surface area (Å²) in [5.74, 6) is 0.656. The molecule has 0 bridgehead atoms. The predicted molar refractivity (Wildman–Crippen MR) is 40.0 cm³/mol. The third-order valence-electron chi connectivity index (χ3n) is 1.97. The van der Waals surface area contributed by atoms with E-state index in [4.69, 9.17) is 4.74 Å². The average Bonchev–Trinajstić information content (AvgIpc) is 2.60. The van der Waals surface area contributed by atoms with Crippen LogP contribution in [0.25, 0.3) is 0 Å². The molecule has 0 spiro atoms. The van der Waals surface area contributed by atoms with Crippen LogP contribution in [0.2, 0.25) is 0 Å². The highest BCUT2D eigenvalue weighted by molar-refractivity contribution is 4.76. The zero-order valence-electron chi connectivity index (χ0n) is 6.36. The molecule has 11 heavy (non-hydrogen) atoms. The lowest BCUT2D eigenvalue weighted by molar-refractivity contribution is 0.181. The normalized spacial score (nSPS) is 24.2. The van der Waals surface area contributed by atoms with E-state index in [1.807, 2.05) is 10.9 Å². The van der Waals surface area contributed by atoms with Crippen molar-refractivity contribution in [2.75, 3.05) is 13.2 Å². The predicted octanol–water partition coefficient (Wildman–Crippen LogP) is 0.720. The number of nitrogens with zero attached hydrogens (tertiary/aromatic N) is 2. The summed E-state index contributed by atoms with van der Waals surface area (Å²) in [5, 5.41) is 4.09. The Kier molecular flexibility index (Phi) is 1.90. The van der Waals surface area contributed by atoms with Crippen LogP contribution in [0.4, 0.5) is 0 Å². The molecule has 1 radical (unpaired) electrons. The summed E-state index contributed by atoms with van der Waals surface area (Å²) in [6.45, 7) is 2.78. The topological polar surface area (TPSA) is 27.1 Å². The Balaban J connectivity index is 1.90. The van der Waals surface area contributed by atoms with Crippen molar-refractivity contribution in [3.63, 3.8) is 0 Å². The van der Waals surface area contributed by atoms with Crippen LogP contribution in [0, 0.1) is 12.0 Å². The van der Waals surface area contributed by atoms with Gasteiger partial charge in [0, 0.05) is 31.3 Å². The second-order valence-electron chi connectivity index (χ2n) is 2.89. The van der Waals surface area contributed by atoms with Crippen molar-refractivity contribution in [1.29, 1.82) is 0 Å². The van der Waals surface area contributed by atoms with E-state index in [1.54, 1.807) is 6.20 Å². The molecule has 1 aromatic heterocycles. The molecular weight excluding hydrogens is 140 g/mol. The third kappa shape index (κ3) is 1.60. The first-order valence-electron chi connectivity index (χ1n) is 3.91. The van der Waals surface area contributed by atoms with E-state index in [9.17, 15) is 0 Å². The van der Waals surface area contributed by atoms with Gasteiger partial charge in [-0.3, -0.25) is 4.68 Å². The molecular formula is C8H11N2O. The fraction of sp³-hybridized carbons (Fsp3) is 0.625. The Labute approximate surface area is 66.0 Å². The molecule has 59 valence electrons. The van der Waals surface area contributed by atoms with Gasteiger partial charge < -0.3 is 4.74 Å². The van der Waals surface area contributed by atoms with Crippen molar-refractivity contribution >= 4 is 0 Å². The van der Waals surface area contributed by atoms with E-state index in [-0.39, 0.29) is 0 Å². The molecule has 1 saturated heterocycles. The molecule has 0 saturated carbocycles. The maximum atomic E-state index is 5.25. The minimum Gasteiger partial charge on any atom is -0.381 e. The van der Waals surface area contributed by atoms with Crippen LogP contribution in [0.15, 0.2) is 12.4 Å². The van der Waals surface area contributed by atoms with Crippen molar-refractivity contribution < 1.29 is 4.74 Å². The summed E-state index contributed by atoms with van der Waals surface area (Å²) in [4.78, 5) is 0. The molecule has 0 amide bonds. The van der Waals surface area contributed by atoms with Crippen LogP contribution in [0.3, 0.4) is 0 Å².